The minimum atomic E-state index is -0.176. The number of aromatic nitrogens is 3. The minimum Gasteiger partial charge on any atom is -0.507 e. The molecule has 0 spiro atoms. The van der Waals surface area contributed by atoms with E-state index in [1.807, 2.05) is 18.2 Å². The number of likely N-dealkylation sites (N-methyl/N-ethyl adjacent to an activating group) is 1. The number of nitrogens with one attached hydrogen (secondary N) is 1. The smallest absolute Gasteiger partial charge is 0.249 e. The number of phenols is 1. The van der Waals surface area contributed by atoms with Crippen molar-refractivity contribution in [3.05, 3.63) is 67.0 Å². The number of carbonyl (C=O) groups is 1. The molecule has 3 rings (SSSR count). The quantitative estimate of drug-likeness (QED) is 0.669. The molecule has 132 valence electrons. The summed E-state index contributed by atoms with van der Waals surface area (Å²) in [6.45, 7) is 7.42. The van der Waals surface area contributed by atoms with Crippen LogP contribution in [0.3, 0.4) is 0 Å². The van der Waals surface area contributed by atoms with E-state index in [2.05, 4.69) is 28.3 Å². The van der Waals surface area contributed by atoms with Gasteiger partial charge in [0.05, 0.1) is 5.69 Å². The topological polar surface area (TPSA) is 82.1 Å². The average Bonchev–Trinajstić information content (AvgIpc) is 3.07. The predicted octanol–water partition coefficient (Wildman–Crippen LogP) is 3.42. The van der Waals surface area contributed by atoms with Crippen molar-refractivity contribution in [1.29, 1.82) is 0 Å². The Morgan fingerprint density at radius 2 is 2.08 bits per heavy atom. The molecule has 0 fully saturated rings. The van der Waals surface area contributed by atoms with Gasteiger partial charge in [0.1, 0.15) is 5.75 Å². The summed E-state index contributed by atoms with van der Waals surface area (Å²) in [5.74, 6) is -0.00652. The normalized spacial score (nSPS) is 10.7. The van der Waals surface area contributed by atoms with E-state index in [4.69, 9.17) is 0 Å². The van der Waals surface area contributed by atoms with E-state index in [0.717, 1.165) is 16.8 Å². The summed E-state index contributed by atoms with van der Waals surface area (Å²) in [5.41, 5.74) is 3.63. The number of rotatable bonds is 6. The van der Waals surface area contributed by atoms with Gasteiger partial charge in [0.2, 0.25) is 5.91 Å². The standard InChI is InChI=1S/C20H20N4O2/c1-4-19(26)24(3)13(2)9-10-15-11-14-12-17(22-23-20(14)21-15)16-7-5-6-8-18(16)25/h4-8,11-12,25H,1-2,9-10H2,3H3,(H,21,23). The fraction of sp³-hybridized carbons (Fsp3) is 0.150. The highest BCUT2D eigenvalue weighted by Crippen LogP contribution is 2.28. The van der Waals surface area contributed by atoms with Gasteiger partial charge in [-0.05, 0) is 43.2 Å². The Kier molecular flexibility index (Phi) is 4.84. The number of fused-ring (bicyclic) bond motifs is 1. The number of aryl methyl sites for hydroxylation is 1. The Bertz CT molecular complexity index is 990. The molecule has 0 bridgehead atoms. The highest BCUT2D eigenvalue weighted by Gasteiger charge is 2.11. The number of H-pyrrole nitrogens is 1. The summed E-state index contributed by atoms with van der Waals surface area (Å²) >= 11 is 0. The van der Waals surface area contributed by atoms with E-state index >= 15 is 0 Å². The summed E-state index contributed by atoms with van der Waals surface area (Å²) in [6.07, 6.45) is 2.59. The van der Waals surface area contributed by atoms with Crippen LogP contribution >= 0.6 is 0 Å². The molecule has 0 aliphatic rings. The Morgan fingerprint density at radius 3 is 2.81 bits per heavy atom. The molecule has 6 nitrogen and oxygen atoms in total. The van der Waals surface area contributed by atoms with Gasteiger partial charge < -0.3 is 15.0 Å². The van der Waals surface area contributed by atoms with E-state index in [1.165, 1.54) is 11.0 Å². The third kappa shape index (κ3) is 3.49. The van der Waals surface area contributed by atoms with Crippen molar-refractivity contribution in [1.82, 2.24) is 20.1 Å². The highest BCUT2D eigenvalue weighted by molar-refractivity contribution is 5.88. The van der Waals surface area contributed by atoms with Crippen LogP contribution in [-0.2, 0) is 11.2 Å². The lowest BCUT2D eigenvalue weighted by atomic mass is 10.1. The third-order valence-corrected chi connectivity index (χ3v) is 4.27. The zero-order valence-electron chi connectivity index (χ0n) is 14.6. The number of aromatic amines is 1. The van der Waals surface area contributed by atoms with Crippen LogP contribution in [-0.4, -0.2) is 38.1 Å². The van der Waals surface area contributed by atoms with Crippen molar-refractivity contribution in [3.63, 3.8) is 0 Å². The Labute approximate surface area is 151 Å². The van der Waals surface area contributed by atoms with Gasteiger partial charge in [-0.1, -0.05) is 25.3 Å². The monoisotopic (exact) mass is 348 g/mol. The Hall–Kier alpha value is -3.41. The molecule has 1 aromatic carbocycles. The molecule has 3 aromatic rings. The number of carbonyl (C=O) groups excluding carboxylic acids is 1. The lowest BCUT2D eigenvalue weighted by molar-refractivity contribution is -0.123. The van der Waals surface area contributed by atoms with Crippen molar-refractivity contribution < 1.29 is 9.90 Å². The van der Waals surface area contributed by atoms with Crippen LogP contribution in [0.15, 0.2) is 61.3 Å². The molecular weight excluding hydrogens is 328 g/mol. The lowest BCUT2D eigenvalue weighted by Crippen LogP contribution is -2.23. The summed E-state index contributed by atoms with van der Waals surface area (Å²) in [5, 5.41) is 19.3. The maximum atomic E-state index is 11.6. The molecule has 0 aliphatic carbocycles. The number of hydrogen-bond acceptors (Lipinski definition) is 4. The van der Waals surface area contributed by atoms with E-state index in [1.54, 1.807) is 25.2 Å². The lowest BCUT2D eigenvalue weighted by Gasteiger charge is -2.17. The molecular formula is C20H20N4O2. The van der Waals surface area contributed by atoms with Crippen LogP contribution in [0.1, 0.15) is 12.1 Å². The van der Waals surface area contributed by atoms with E-state index in [0.29, 0.717) is 29.7 Å². The van der Waals surface area contributed by atoms with Gasteiger partial charge in [-0.15, -0.1) is 10.2 Å². The Balaban J connectivity index is 1.78. The van der Waals surface area contributed by atoms with Crippen molar-refractivity contribution in [2.45, 2.75) is 12.8 Å². The molecule has 0 radical (unpaired) electrons. The molecule has 2 aromatic heterocycles. The van der Waals surface area contributed by atoms with Crippen molar-refractivity contribution in [2.24, 2.45) is 0 Å². The van der Waals surface area contributed by atoms with Crippen LogP contribution in [0.4, 0.5) is 0 Å². The first-order valence-corrected chi connectivity index (χ1v) is 8.21. The molecule has 2 N–H and O–H groups in total. The van der Waals surface area contributed by atoms with Crippen LogP contribution in [0.25, 0.3) is 22.3 Å². The van der Waals surface area contributed by atoms with Crippen LogP contribution in [0.5, 0.6) is 5.75 Å². The van der Waals surface area contributed by atoms with E-state index in [-0.39, 0.29) is 11.7 Å². The van der Waals surface area contributed by atoms with Gasteiger partial charge in [-0.2, -0.15) is 0 Å². The minimum absolute atomic E-state index is 0.170. The predicted molar refractivity (Wildman–Crippen MR) is 101 cm³/mol. The fourth-order valence-corrected chi connectivity index (χ4v) is 2.69. The zero-order valence-corrected chi connectivity index (χ0v) is 14.6. The van der Waals surface area contributed by atoms with Crippen LogP contribution in [0.2, 0.25) is 0 Å². The highest BCUT2D eigenvalue weighted by atomic mass is 16.3. The Morgan fingerprint density at radius 1 is 1.31 bits per heavy atom. The number of hydrogen-bond donors (Lipinski definition) is 2. The summed E-state index contributed by atoms with van der Waals surface area (Å²) in [6, 6.07) is 10.9. The number of allylic oxidation sites excluding steroid dienone is 1. The van der Waals surface area contributed by atoms with Crippen molar-refractivity contribution >= 4 is 16.9 Å². The molecule has 0 aliphatic heterocycles. The number of benzene rings is 1. The van der Waals surface area contributed by atoms with Gasteiger partial charge in [-0.25, -0.2) is 0 Å². The van der Waals surface area contributed by atoms with E-state index in [9.17, 15) is 9.90 Å². The third-order valence-electron chi connectivity index (χ3n) is 4.27. The van der Waals surface area contributed by atoms with Gasteiger partial charge in [0.25, 0.3) is 0 Å². The van der Waals surface area contributed by atoms with E-state index < -0.39 is 0 Å². The molecule has 0 unspecified atom stereocenters. The molecule has 0 atom stereocenters. The molecule has 26 heavy (non-hydrogen) atoms. The van der Waals surface area contributed by atoms with Crippen LogP contribution in [0, 0.1) is 0 Å². The zero-order chi connectivity index (χ0) is 18.7. The fourth-order valence-electron chi connectivity index (χ4n) is 2.69. The first-order valence-electron chi connectivity index (χ1n) is 8.21. The summed E-state index contributed by atoms with van der Waals surface area (Å²) < 4.78 is 0. The SMILES string of the molecule is C=CC(=O)N(C)C(=C)CCc1cc2cc(-c3ccccc3O)nnc2[nH]1. The van der Waals surface area contributed by atoms with Crippen molar-refractivity contribution in [3.8, 4) is 17.0 Å². The second kappa shape index (κ2) is 7.23. The number of aromatic hydroxyl groups is 1. The average molecular weight is 348 g/mol. The number of amides is 1. The number of para-hydroxylation sites is 1. The first-order chi connectivity index (χ1) is 12.5. The second-order valence-electron chi connectivity index (χ2n) is 6.01. The maximum absolute atomic E-state index is 11.6. The number of nitrogens with zero attached hydrogens (tertiary/aromatic N) is 3. The molecule has 6 heteroatoms. The largest absolute Gasteiger partial charge is 0.507 e. The van der Waals surface area contributed by atoms with Gasteiger partial charge in [-0.3, -0.25) is 4.79 Å². The summed E-state index contributed by atoms with van der Waals surface area (Å²) in [7, 11) is 1.68. The second-order valence-corrected chi connectivity index (χ2v) is 6.01. The van der Waals surface area contributed by atoms with Gasteiger partial charge >= 0.3 is 0 Å². The van der Waals surface area contributed by atoms with Crippen molar-refractivity contribution in [2.75, 3.05) is 7.05 Å². The number of phenolic OH excluding ortho intramolecular Hbond substituents is 1. The van der Waals surface area contributed by atoms with Gasteiger partial charge in [0, 0.05) is 29.4 Å². The molecule has 0 saturated carbocycles. The van der Waals surface area contributed by atoms with Crippen LogP contribution < -0.4 is 0 Å². The summed E-state index contributed by atoms with van der Waals surface area (Å²) in [4.78, 5) is 16.3. The molecule has 1 amide bonds. The molecule has 0 saturated heterocycles. The maximum Gasteiger partial charge on any atom is 0.249 e. The molecule has 2 heterocycles. The first kappa shape index (κ1) is 17.4. The van der Waals surface area contributed by atoms with Gasteiger partial charge in [0.15, 0.2) is 5.65 Å².